The number of piperidine rings is 1. The fourth-order valence-electron chi connectivity index (χ4n) is 4.17. The number of rotatable bonds is 6. The van der Waals surface area contributed by atoms with Crippen LogP contribution in [0.4, 0.5) is 0 Å². The number of halogens is 1. The highest BCUT2D eigenvalue weighted by Crippen LogP contribution is 2.30. The van der Waals surface area contributed by atoms with E-state index in [0.717, 1.165) is 11.3 Å². The van der Waals surface area contributed by atoms with Crippen molar-refractivity contribution in [2.24, 2.45) is 5.92 Å². The first-order valence-electron chi connectivity index (χ1n) is 11.0. The smallest absolute Gasteiger partial charge is 0.253 e. The van der Waals surface area contributed by atoms with Crippen LogP contribution < -0.4 is 10.1 Å². The Bertz CT molecular complexity index is 1110. The summed E-state index contributed by atoms with van der Waals surface area (Å²) in [4.78, 5) is 32.3. The van der Waals surface area contributed by atoms with E-state index >= 15 is 0 Å². The molecule has 1 unspecified atom stereocenters. The summed E-state index contributed by atoms with van der Waals surface area (Å²) in [5.74, 6) is 0.396. The van der Waals surface area contributed by atoms with Crippen LogP contribution in [0, 0.1) is 5.92 Å². The van der Waals surface area contributed by atoms with E-state index in [9.17, 15) is 9.59 Å². The Labute approximate surface area is 198 Å². The summed E-state index contributed by atoms with van der Waals surface area (Å²) in [7, 11) is 1.61. The Morgan fingerprint density at radius 1 is 1.06 bits per heavy atom. The lowest BCUT2D eigenvalue weighted by molar-refractivity contribution is -0.126. The van der Waals surface area contributed by atoms with Gasteiger partial charge in [-0.25, -0.2) is 0 Å². The zero-order chi connectivity index (χ0) is 23.2. The van der Waals surface area contributed by atoms with Gasteiger partial charge in [0.25, 0.3) is 5.91 Å². The Morgan fingerprint density at radius 2 is 1.82 bits per heavy atom. The van der Waals surface area contributed by atoms with Crippen molar-refractivity contribution in [1.82, 2.24) is 15.2 Å². The number of carbonyl (C=O) groups excluding carboxylic acids is 2. The molecule has 1 aromatic heterocycles. The van der Waals surface area contributed by atoms with E-state index in [1.165, 1.54) is 0 Å². The number of nitrogens with one attached hydrogen (secondary N) is 1. The molecule has 1 N–H and O–H groups in total. The van der Waals surface area contributed by atoms with Crippen LogP contribution in [-0.4, -0.2) is 41.9 Å². The first-order chi connectivity index (χ1) is 16.1. The Morgan fingerprint density at radius 3 is 2.52 bits per heavy atom. The van der Waals surface area contributed by atoms with Gasteiger partial charge in [-0.3, -0.25) is 14.6 Å². The predicted octanol–water partition coefficient (Wildman–Crippen LogP) is 4.50. The quantitative estimate of drug-likeness (QED) is 0.584. The number of likely N-dealkylation sites (tertiary alicyclic amines) is 1. The number of nitrogens with zero attached hydrogens (tertiary/aromatic N) is 2. The first kappa shape index (κ1) is 22.8. The molecule has 4 rings (SSSR count). The third kappa shape index (κ3) is 5.34. The zero-order valence-corrected chi connectivity index (χ0v) is 19.2. The molecule has 6 nitrogen and oxygen atoms in total. The molecule has 0 aliphatic carbocycles. The number of hydrogen-bond donors (Lipinski definition) is 1. The molecular weight excluding hydrogens is 438 g/mol. The topological polar surface area (TPSA) is 71.5 Å². The highest BCUT2D eigenvalue weighted by Gasteiger charge is 2.30. The van der Waals surface area contributed by atoms with Gasteiger partial charge in [0.1, 0.15) is 5.75 Å². The van der Waals surface area contributed by atoms with Gasteiger partial charge in [0.15, 0.2) is 0 Å². The highest BCUT2D eigenvalue weighted by atomic mass is 35.5. The van der Waals surface area contributed by atoms with Crippen molar-refractivity contribution in [2.75, 3.05) is 20.2 Å². The first-order valence-corrected chi connectivity index (χ1v) is 11.3. The standard InChI is InChI=1S/C26H26ClN3O3/c1-33-23-11-3-2-9-21(23)24(22-10-4-5-14-28-22)29-25(31)18-12-15-30(16-13-18)26(32)19-7-6-8-20(27)17-19/h2-11,14,17-18,24H,12-13,15-16H2,1H3,(H,29,31). The number of amides is 2. The van der Waals surface area contributed by atoms with E-state index < -0.39 is 6.04 Å². The van der Waals surface area contributed by atoms with Crippen molar-refractivity contribution >= 4 is 23.4 Å². The lowest BCUT2D eigenvalue weighted by atomic mass is 9.94. The van der Waals surface area contributed by atoms with Crippen LogP contribution >= 0.6 is 11.6 Å². The normalized spacial score (nSPS) is 15.0. The summed E-state index contributed by atoms with van der Waals surface area (Å²) >= 11 is 6.03. The fourth-order valence-corrected chi connectivity index (χ4v) is 4.36. The van der Waals surface area contributed by atoms with Gasteiger partial charge in [-0.05, 0) is 49.2 Å². The van der Waals surface area contributed by atoms with Gasteiger partial charge in [-0.15, -0.1) is 0 Å². The van der Waals surface area contributed by atoms with Gasteiger partial charge in [0.2, 0.25) is 5.91 Å². The monoisotopic (exact) mass is 463 g/mol. The summed E-state index contributed by atoms with van der Waals surface area (Å²) in [5.41, 5.74) is 2.15. The number of hydrogen-bond acceptors (Lipinski definition) is 4. The summed E-state index contributed by atoms with van der Waals surface area (Å²) in [5, 5.41) is 3.71. The second kappa shape index (κ2) is 10.5. The van der Waals surface area contributed by atoms with E-state index in [0.29, 0.717) is 42.3 Å². The summed E-state index contributed by atoms with van der Waals surface area (Å²) < 4.78 is 5.53. The predicted molar refractivity (Wildman–Crippen MR) is 127 cm³/mol. The molecule has 1 fully saturated rings. The van der Waals surface area contributed by atoms with Gasteiger partial charge < -0.3 is 15.0 Å². The van der Waals surface area contributed by atoms with Gasteiger partial charge in [-0.1, -0.05) is 41.9 Å². The summed E-state index contributed by atoms with van der Waals surface area (Å²) in [6, 6.07) is 19.8. The third-order valence-electron chi connectivity index (χ3n) is 5.94. The van der Waals surface area contributed by atoms with E-state index in [1.807, 2.05) is 42.5 Å². The van der Waals surface area contributed by atoms with Crippen molar-refractivity contribution in [3.63, 3.8) is 0 Å². The molecule has 1 saturated heterocycles. The van der Waals surface area contributed by atoms with E-state index in [-0.39, 0.29) is 17.7 Å². The number of carbonyl (C=O) groups is 2. The number of methoxy groups -OCH3 is 1. The highest BCUT2D eigenvalue weighted by molar-refractivity contribution is 6.30. The van der Waals surface area contributed by atoms with Crippen LogP contribution in [0.15, 0.2) is 72.9 Å². The average Bonchev–Trinajstić information content (AvgIpc) is 2.87. The second-order valence-electron chi connectivity index (χ2n) is 8.01. The Balaban J connectivity index is 1.45. The van der Waals surface area contributed by atoms with Crippen molar-refractivity contribution in [2.45, 2.75) is 18.9 Å². The van der Waals surface area contributed by atoms with Crippen LogP contribution in [0.5, 0.6) is 5.75 Å². The maximum Gasteiger partial charge on any atom is 0.253 e. The van der Waals surface area contributed by atoms with Crippen LogP contribution in [0.2, 0.25) is 5.02 Å². The molecule has 1 atom stereocenters. The van der Waals surface area contributed by atoms with Crippen LogP contribution in [0.3, 0.4) is 0 Å². The molecule has 0 saturated carbocycles. The maximum absolute atomic E-state index is 13.2. The average molecular weight is 464 g/mol. The Kier molecular flexibility index (Phi) is 7.25. The number of ether oxygens (including phenoxy) is 1. The number of pyridine rings is 1. The van der Waals surface area contributed by atoms with Crippen LogP contribution in [0.1, 0.15) is 40.5 Å². The summed E-state index contributed by atoms with van der Waals surface area (Å²) in [6.45, 7) is 1.04. The van der Waals surface area contributed by atoms with Gasteiger partial charge >= 0.3 is 0 Å². The van der Waals surface area contributed by atoms with Crippen molar-refractivity contribution in [3.8, 4) is 5.75 Å². The van der Waals surface area contributed by atoms with Crippen LogP contribution in [0.25, 0.3) is 0 Å². The number of benzene rings is 2. The molecule has 0 spiro atoms. The van der Waals surface area contributed by atoms with Crippen molar-refractivity contribution in [3.05, 3.63) is 94.8 Å². The minimum atomic E-state index is -0.430. The molecule has 2 amide bonds. The lowest BCUT2D eigenvalue weighted by Crippen LogP contribution is -2.44. The van der Waals surface area contributed by atoms with Crippen molar-refractivity contribution < 1.29 is 14.3 Å². The fraction of sp³-hybridized carbons (Fsp3) is 0.269. The molecule has 1 aliphatic rings. The zero-order valence-electron chi connectivity index (χ0n) is 18.4. The van der Waals surface area contributed by atoms with E-state index in [2.05, 4.69) is 10.3 Å². The Hall–Kier alpha value is -3.38. The number of aromatic nitrogens is 1. The number of para-hydroxylation sites is 1. The molecule has 1 aliphatic heterocycles. The molecule has 170 valence electrons. The lowest BCUT2D eigenvalue weighted by Gasteiger charge is -2.32. The van der Waals surface area contributed by atoms with E-state index in [1.54, 1.807) is 42.5 Å². The maximum atomic E-state index is 13.2. The molecule has 33 heavy (non-hydrogen) atoms. The molecule has 2 aromatic carbocycles. The largest absolute Gasteiger partial charge is 0.496 e. The van der Waals surface area contributed by atoms with Crippen LogP contribution in [-0.2, 0) is 4.79 Å². The molecule has 0 radical (unpaired) electrons. The molecule has 7 heteroatoms. The summed E-state index contributed by atoms with van der Waals surface area (Å²) in [6.07, 6.45) is 2.90. The second-order valence-corrected chi connectivity index (χ2v) is 8.45. The minimum Gasteiger partial charge on any atom is -0.496 e. The van der Waals surface area contributed by atoms with Gasteiger partial charge in [-0.2, -0.15) is 0 Å². The van der Waals surface area contributed by atoms with Crippen molar-refractivity contribution in [1.29, 1.82) is 0 Å². The molecular formula is C26H26ClN3O3. The SMILES string of the molecule is COc1ccccc1C(NC(=O)C1CCN(C(=O)c2cccc(Cl)c2)CC1)c1ccccn1. The molecule has 3 aromatic rings. The van der Waals surface area contributed by atoms with Gasteiger partial charge in [0.05, 0.1) is 18.8 Å². The molecule has 0 bridgehead atoms. The molecule has 2 heterocycles. The minimum absolute atomic E-state index is 0.0496. The van der Waals surface area contributed by atoms with Gasteiger partial charge in [0, 0.05) is 41.4 Å². The third-order valence-corrected chi connectivity index (χ3v) is 6.18. The van der Waals surface area contributed by atoms with E-state index in [4.69, 9.17) is 16.3 Å².